The van der Waals surface area contributed by atoms with Gasteiger partial charge in [-0.2, -0.15) is 4.31 Å². The zero-order chi connectivity index (χ0) is 14.6. The number of nitrogens with two attached hydrogens (primary N) is 1. The summed E-state index contributed by atoms with van der Waals surface area (Å²) in [5, 5.41) is 0. The van der Waals surface area contributed by atoms with Crippen LogP contribution < -0.4 is 5.73 Å². The third-order valence-corrected chi connectivity index (χ3v) is 5.69. The van der Waals surface area contributed by atoms with Gasteiger partial charge in [0.25, 0.3) is 0 Å². The molecule has 0 fully saturated rings. The van der Waals surface area contributed by atoms with Crippen LogP contribution in [0.15, 0.2) is 27.6 Å². The second-order valence-corrected chi connectivity index (χ2v) is 7.58. The highest BCUT2D eigenvalue weighted by atomic mass is 79.9. The van der Waals surface area contributed by atoms with Crippen LogP contribution in [0, 0.1) is 5.92 Å². The van der Waals surface area contributed by atoms with Gasteiger partial charge < -0.3 is 5.73 Å². The standard InChI is InChI=1S/C13H21BrN2O2S/c1-4-16(9-10(2)3)19(17,18)13-6-5-11(8-15)7-12(13)14/h5-7,10H,4,8-9,15H2,1-3H3. The Hall–Kier alpha value is -0.430. The lowest BCUT2D eigenvalue weighted by Gasteiger charge is -2.23. The fourth-order valence-corrected chi connectivity index (χ4v) is 4.52. The summed E-state index contributed by atoms with van der Waals surface area (Å²) in [6.07, 6.45) is 0. The lowest BCUT2D eigenvalue weighted by molar-refractivity contribution is 0.380. The number of rotatable bonds is 6. The number of hydrogen-bond donors (Lipinski definition) is 1. The summed E-state index contributed by atoms with van der Waals surface area (Å²) in [6.45, 7) is 7.23. The van der Waals surface area contributed by atoms with Gasteiger partial charge in [-0.05, 0) is 39.5 Å². The number of halogens is 1. The van der Waals surface area contributed by atoms with Crippen molar-refractivity contribution >= 4 is 26.0 Å². The van der Waals surface area contributed by atoms with Gasteiger partial charge in [-0.15, -0.1) is 0 Å². The lowest BCUT2D eigenvalue weighted by Crippen LogP contribution is -2.34. The van der Waals surface area contributed by atoms with Crippen LogP contribution in [0.5, 0.6) is 0 Å². The maximum absolute atomic E-state index is 12.6. The smallest absolute Gasteiger partial charge is 0.244 e. The maximum atomic E-state index is 12.6. The molecule has 1 aromatic rings. The molecule has 19 heavy (non-hydrogen) atoms. The third kappa shape index (κ3) is 4.02. The van der Waals surface area contributed by atoms with Crippen LogP contribution >= 0.6 is 15.9 Å². The predicted molar refractivity (Wildman–Crippen MR) is 81.3 cm³/mol. The summed E-state index contributed by atoms with van der Waals surface area (Å²) >= 11 is 3.33. The van der Waals surface area contributed by atoms with Crippen LogP contribution in [0.2, 0.25) is 0 Å². The first kappa shape index (κ1) is 16.6. The molecule has 0 aliphatic carbocycles. The minimum atomic E-state index is -3.46. The van der Waals surface area contributed by atoms with Gasteiger partial charge in [0.15, 0.2) is 0 Å². The molecule has 0 amide bonds. The van der Waals surface area contributed by atoms with Gasteiger partial charge in [-0.1, -0.05) is 26.8 Å². The normalized spacial score (nSPS) is 12.4. The van der Waals surface area contributed by atoms with E-state index in [1.165, 1.54) is 4.31 Å². The second kappa shape index (κ2) is 6.83. The van der Waals surface area contributed by atoms with Crippen molar-refractivity contribution in [2.45, 2.75) is 32.2 Å². The van der Waals surface area contributed by atoms with Gasteiger partial charge in [0, 0.05) is 24.1 Å². The van der Waals surface area contributed by atoms with Crippen molar-refractivity contribution in [1.82, 2.24) is 4.31 Å². The summed E-state index contributed by atoms with van der Waals surface area (Å²) < 4.78 is 27.2. The average molecular weight is 349 g/mol. The second-order valence-electron chi connectivity index (χ2n) is 4.82. The van der Waals surface area contributed by atoms with Gasteiger partial charge in [-0.25, -0.2) is 8.42 Å². The van der Waals surface area contributed by atoms with E-state index in [0.29, 0.717) is 29.0 Å². The van der Waals surface area contributed by atoms with Crippen molar-refractivity contribution in [3.63, 3.8) is 0 Å². The molecule has 0 aromatic heterocycles. The first-order valence-electron chi connectivity index (χ1n) is 6.31. The zero-order valence-corrected chi connectivity index (χ0v) is 14.0. The summed E-state index contributed by atoms with van der Waals surface area (Å²) in [4.78, 5) is 0.298. The van der Waals surface area contributed by atoms with Crippen LogP contribution in [-0.4, -0.2) is 25.8 Å². The average Bonchev–Trinajstić information content (AvgIpc) is 2.34. The van der Waals surface area contributed by atoms with Crippen molar-refractivity contribution < 1.29 is 8.42 Å². The molecule has 0 spiro atoms. The van der Waals surface area contributed by atoms with Crippen LogP contribution in [-0.2, 0) is 16.6 Å². The van der Waals surface area contributed by atoms with Gasteiger partial charge in [0.1, 0.15) is 0 Å². The first-order valence-corrected chi connectivity index (χ1v) is 8.54. The number of nitrogens with zero attached hydrogens (tertiary/aromatic N) is 1. The number of sulfonamides is 1. The largest absolute Gasteiger partial charge is 0.326 e. The van der Waals surface area contributed by atoms with Crippen LogP contribution in [0.3, 0.4) is 0 Å². The molecule has 0 bridgehead atoms. The minimum Gasteiger partial charge on any atom is -0.326 e. The molecule has 6 heteroatoms. The Labute approximate surface area is 124 Å². The Morgan fingerprint density at radius 1 is 1.37 bits per heavy atom. The van der Waals surface area contributed by atoms with Gasteiger partial charge in [-0.3, -0.25) is 0 Å². The topological polar surface area (TPSA) is 63.4 Å². The molecule has 1 aromatic carbocycles. The molecule has 0 aliphatic rings. The van der Waals surface area contributed by atoms with E-state index in [1.807, 2.05) is 20.8 Å². The van der Waals surface area contributed by atoms with Crippen molar-refractivity contribution in [3.05, 3.63) is 28.2 Å². The third-order valence-electron chi connectivity index (χ3n) is 2.77. The van der Waals surface area contributed by atoms with Gasteiger partial charge in [0.2, 0.25) is 10.0 Å². The molecule has 0 unspecified atom stereocenters. The van der Waals surface area contributed by atoms with E-state index in [0.717, 1.165) is 5.56 Å². The predicted octanol–water partition coefficient (Wildman–Crippen LogP) is 2.57. The van der Waals surface area contributed by atoms with Crippen LogP contribution in [0.4, 0.5) is 0 Å². The van der Waals surface area contributed by atoms with E-state index < -0.39 is 10.0 Å². The summed E-state index contributed by atoms with van der Waals surface area (Å²) in [6, 6.07) is 5.13. The Balaban J connectivity index is 3.18. The molecular formula is C13H21BrN2O2S. The van der Waals surface area contributed by atoms with Crippen LogP contribution in [0.25, 0.3) is 0 Å². The van der Waals surface area contributed by atoms with Crippen molar-refractivity contribution in [1.29, 1.82) is 0 Å². The molecule has 4 nitrogen and oxygen atoms in total. The molecular weight excluding hydrogens is 328 g/mol. The molecule has 0 radical (unpaired) electrons. The maximum Gasteiger partial charge on any atom is 0.244 e. The van der Waals surface area contributed by atoms with Crippen molar-refractivity contribution in [2.24, 2.45) is 11.7 Å². The quantitative estimate of drug-likeness (QED) is 0.859. The molecule has 0 saturated carbocycles. The fraction of sp³-hybridized carbons (Fsp3) is 0.538. The van der Waals surface area contributed by atoms with Gasteiger partial charge in [0.05, 0.1) is 4.90 Å². The minimum absolute atomic E-state index is 0.289. The molecule has 0 heterocycles. The lowest BCUT2D eigenvalue weighted by atomic mass is 10.2. The Kier molecular flexibility index (Phi) is 5.98. The van der Waals surface area contributed by atoms with E-state index in [2.05, 4.69) is 15.9 Å². The van der Waals surface area contributed by atoms with E-state index in [-0.39, 0.29) is 5.92 Å². The highest BCUT2D eigenvalue weighted by molar-refractivity contribution is 9.10. The number of benzene rings is 1. The van der Waals surface area contributed by atoms with E-state index in [1.54, 1.807) is 18.2 Å². The van der Waals surface area contributed by atoms with Crippen molar-refractivity contribution in [3.8, 4) is 0 Å². The molecule has 1 rings (SSSR count). The first-order chi connectivity index (χ1) is 8.82. The van der Waals surface area contributed by atoms with Crippen LogP contribution in [0.1, 0.15) is 26.3 Å². The molecule has 0 saturated heterocycles. The Bertz CT molecular complexity index is 529. The van der Waals surface area contributed by atoms with E-state index in [4.69, 9.17) is 5.73 Å². The molecule has 2 N–H and O–H groups in total. The highest BCUT2D eigenvalue weighted by Gasteiger charge is 2.25. The van der Waals surface area contributed by atoms with E-state index >= 15 is 0 Å². The van der Waals surface area contributed by atoms with E-state index in [9.17, 15) is 8.42 Å². The Morgan fingerprint density at radius 2 is 2.00 bits per heavy atom. The number of hydrogen-bond acceptors (Lipinski definition) is 3. The highest BCUT2D eigenvalue weighted by Crippen LogP contribution is 2.26. The fourth-order valence-electron chi connectivity index (χ4n) is 1.82. The molecule has 0 atom stereocenters. The summed E-state index contributed by atoms with van der Waals surface area (Å²) in [5.74, 6) is 0.289. The summed E-state index contributed by atoms with van der Waals surface area (Å²) in [5.41, 5.74) is 6.45. The van der Waals surface area contributed by atoms with Crippen molar-refractivity contribution in [2.75, 3.05) is 13.1 Å². The summed E-state index contributed by atoms with van der Waals surface area (Å²) in [7, 11) is -3.46. The molecule has 0 aliphatic heterocycles. The van der Waals surface area contributed by atoms with Gasteiger partial charge >= 0.3 is 0 Å². The SMILES string of the molecule is CCN(CC(C)C)S(=O)(=O)c1ccc(CN)cc1Br. The monoisotopic (exact) mass is 348 g/mol. The Morgan fingerprint density at radius 3 is 2.42 bits per heavy atom. The molecule has 108 valence electrons. The zero-order valence-electron chi connectivity index (χ0n) is 11.6.